The van der Waals surface area contributed by atoms with Gasteiger partial charge in [0.15, 0.2) is 0 Å². The Balaban J connectivity index is 2.04. The number of halogens is 6. The summed E-state index contributed by atoms with van der Waals surface area (Å²) in [6.45, 7) is 0.316. The number of carbonyl (C=O) groups is 2. The van der Waals surface area contributed by atoms with Crippen LogP contribution in [0.1, 0.15) is 42.6 Å². The molecule has 2 rings (SSSR count). The molecule has 2 aromatic rings. The molecule has 1 heterocycles. The van der Waals surface area contributed by atoms with Crippen LogP contribution >= 0.6 is 0 Å². The third-order valence-corrected chi connectivity index (χ3v) is 4.26. The van der Waals surface area contributed by atoms with Crippen molar-refractivity contribution in [2.45, 2.75) is 38.0 Å². The molecule has 32 heavy (non-hydrogen) atoms. The first-order valence-electron chi connectivity index (χ1n) is 9.43. The molecule has 0 atom stereocenters. The Morgan fingerprint density at radius 2 is 1.56 bits per heavy atom. The zero-order valence-corrected chi connectivity index (χ0v) is 16.5. The minimum Gasteiger partial charge on any atom is -0.481 e. The standard InChI is InChI=1S/C21H19F6NO4/c22-20(23,24)14-10-13(11-15(12-14)21(25,26)27)17-7-5-16(32-17)6-8-18(29)28-9-3-1-2-4-19(30)31/h5-8,10-12H,1-4,9H2,(H,28,29)(H,30,31)/b8-6+. The Morgan fingerprint density at radius 3 is 2.12 bits per heavy atom. The van der Waals surface area contributed by atoms with Crippen LogP contribution in [0.25, 0.3) is 17.4 Å². The quantitative estimate of drug-likeness (QED) is 0.282. The summed E-state index contributed by atoms with van der Waals surface area (Å²) < 4.78 is 83.2. The van der Waals surface area contributed by atoms with Crippen molar-refractivity contribution in [2.24, 2.45) is 0 Å². The number of rotatable bonds is 9. The van der Waals surface area contributed by atoms with Crippen LogP contribution in [0.3, 0.4) is 0 Å². The average molecular weight is 463 g/mol. The number of carboxylic acids is 1. The van der Waals surface area contributed by atoms with Crippen molar-refractivity contribution in [1.82, 2.24) is 5.32 Å². The number of unbranched alkanes of at least 4 members (excludes halogenated alkanes) is 2. The zero-order chi connectivity index (χ0) is 23.9. The highest BCUT2D eigenvalue weighted by Crippen LogP contribution is 2.39. The summed E-state index contributed by atoms with van der Waals surface area (Å²) in [5.41, 5.74) is -3.32. The maximum atomic E-state index is 13.0. The Morgan fingerprint density at radius 1 is 0.938 bits per heavy atom. The van der Waals surface area contributed by atoms with Gasteiger partial charge < -0.3 is 14.8 Å². The molecule has 2 N–H and O–H groups in total. The smallest absolute Gasteiger partial charge is 0.416 e. The summed E-state index contributed by atoms with van der Waals surface area (Å²) >= 11 is 0. The summed E-state index contributed by atoms with van der Waals surface area (Å²) in [7, 11) is 0. The summed E-state index contributed by atoms with van der Waals surface area (Å²) in [6.07, 6.45) is -5.89. The van der Waals surface area contributed by atoms with Crippen LogP contribution in [0.15, 0.2) is 40.8 Å². The number of alkyl halides is 6. The van der Waals surface area contributed by atoms with Crippen molar-refractivity contribution < 1.29 is 45.5 Å². The molecule has 0 aliphatic heterocycles. The minimum atomic E-state index is -4.98. The number of furan rings is 1. The zero-order valence-electron chi connectivity index (χ0n) is 16.5. The molecule has 0 spiro atoms. The monoisotopic (exact) mass is 463 g/mol. The van der Waals surface area contributed by atoms with Gasteiger partial charge in [-0.3, -0.25) is 9.59 Å². The van der Waals surface area contributed by atoms with E-state index < -0.39 is 40.9 Å². The van der Waals surface area contributed by atoms with Gasteiger partial charge in [0.2, 0.25) is 5.91 Å². The Labute approximate surface area is 178 Å². The van der Waals surface area contributed by atoms with Crippen LogP contribution in [-0.4, -0.2) is 23.5 Å². The lowest BCUT2D eigenvalue weighted by molar-refractivity contribution is -0.143. The Kier molecular flexibility index (Phi) is 8.12. The van der Waals surface area contributed by atoms with Crippen molar-refractivity contribution in [1.29, 1.82) is 0 Å². The molecule has 0 unspecified atom stereocenters. The number of nitrogens with one attached hydrogen (secondary N) is 1. The van der Waals surface area contributed by atoms with Gasteiger partial charge in [0, 0.05) is 24.6 Å². The maximum Gasteiger partial charge on any atom is 0.416 e. The van der Waals surface area contributed by atoms with Gasteiger partial charge in [-0.2, -0.15) is 26.3 Å². The van der Waals surface area contributed by atoms with E-state index in [0.29, 0.717) is 37.9 Å². The second-order valence-electron chi connectivity index (χ2n) is 6.83. The molecule has 0 aliphatic rings. The van der Waals surface area contributed by atoms with Gasteiger partial charge in [-0.05, 0) is 49.2 Å². The van der Waals surface area contributed by atoms with E-state index >= 15 is 0 Å². The third-order valence-electron chi connectivity index (χ3n) is 4.26. The largest absolute Gasteiger partial charge is 0.481 e. The molecule has 0 saturated carbocycles. The van der Waals surface area contributed by atoms with E-state index in [1.54, 1.807) is 0 Å². The lowest BCUT2D eigenvalue weighted by Crippen LogP contribution is -2.21. The fourth-order valence-electron chi connectivity index (χ4n) is 2.70. The lowest BCUT2D eigenvalue weighted by atomic mass is 10.0. The average Bonchev–Trinajstić information content (AvgIpc) is 3.16. The molecule has 0 radical (unpaired) electrons. The predicted molar refractivity (Wildman–Crippen MR) is 102 cm³/mol. The van der Waals surface area contributed by atoms with Crippen LogP contribution in [0.2, 0.25) is 0 Å². The SMILES string of the molecule is O=C(O)CCCCCNC(=O)/C=C/c1ccc(-c2cc(C(F)(F)F)cc(C(F)(F)F)c2)o1. The van der Waals surface area contributed by atoms with Gasteiger partial charge in [-0.25, -0.2) is 0 Å². The number of hydrogen-bond donors (Lipinski definition) is 2. The second kappa shape index (κ2) is 10.4. The van der Waals surface area contributed by atoms with E-state index in [-0.39, 0.29) is 24.0 Å². The minimum absolute atomic E-state index is 0.0270. The first-order valence-corrected chi connectivity index (χ1v) is 9.43. The molecule has 174 valence electrons. The third kappa shape index (κ3) is 7.78. The number of carbonyl (C=O) groups excluding carboxylic acids is 1. The summed E-state index contributed by atoms with van der Waals surface area (Å²) in [5.74, 6) is -1.54. The van der Waals surface area contributed by atoms with Gasteiger partial charge in [0.1, 0.15) is 11.5 Å². The van der Waals surface area contributed by atoms with Crippen LogP contribution in [-0.2, 0) is 21.9 Å². The molecule has 0 bridgehead atoms. The summed E-state index contributed by atoms with van der Waals surface area (Å²) in [4.78, 5) is 22.1. The molecule has 5 nitrogen and oxygen atoms in total. The van der Waals surface area contributed by atoms with E-state index in [4.69, 9.17) is 9.52 Å². The van der Waals surface area contributed by atoms with Crippen molar-refractivity contribution in [2.75, 3.05) is 6.54 Å². The first kappa shape index (κ1) is 25.0. The molecule has 1 aromatic carbocycles. The molecular weight excluding hydrogens is 444 g/mol. The molecule has 1 amide bonds. The molecule has 0 aliphatic carbocycles. The van der Waals surface area contributed by atoms with Crippen LogP contribution in [0.5, 0.6) is 0 Å². The van der Waals surface area contributed by atoms with Crippen molar-refractivity contribution in [3.05, 3.63) is 53.3 Å². The first-order chi connectivity index (χ1) is 14.9. The molecular formula is C21H19F6NO4. The molecule has 0 saturated heterocycles. The van der Waals surface area contributed by atoms with Gasteiger partial charge in [0.05, 0.1) is 11.1 Å². The highest BCUT2D eigenvalue weighted by atomic mass is 19.4. The van der Waals surface area contributed by atoms with Crippen molar-refractivity contribution in [3.8, 4) is 11.3 Å². The summed E-state index contributed by atoms with van der Waals surface area (Å²) in [6, 6.07) is 3.64. The topological polar surface area (TPSA) is 79.5 Å². The second-order valence-corrected chi connectivity index (χ2v) is 6.83. The Bertz CT molecular complexity index is 943. The van der Waals surface area contributed by atoms with Gasteiger partial charge >= 0.3 is 18.3 Å². The van der Waals surface area contributed by atoms with E-state index in [9.17, 15) is 35.9 Å². The van der Waals surface area contributed by atoms with E-state index in [0.717, 1.165) is 6.08 Å². The van der Waals surface area contributed by atoms with Gasteiger partial charge in [0.25, 0.3) is 0 Å². The maximum absolute atomic E-state index is 13.0. The van der Waals surface area contributed by atoms with Crippen LogP contribution in [0.4, 0.5) is 26.3 Å². The molecule has 11 heteroatoms. The van der Waals surface area contributed by atoms with Crippen molar-refractivity contribution >= 4 is 18.0 Å². The number of hydrogen-bond acceptors (Lipinski definition) is 3. The summed E-state index contributed by atoms with van der Waals surface area (Å²) in [5, 5.41) is 11.1. The number of amides is 1. The van der Waals surface area contributed by atoms with E-state index in [2.05, 4.69) is 5.32 Å². The van der Waals surface area contributed by atoms with Crippen LogP contribution < -0.4 is 5.32 Å². The van der Waals surface area contributed by atoms with Gasteiger partial charge in [-0.15, -0.1) is 0 Å². The normalized spacial score (nSPS) is 12.3. The number of aliphatic carboxylic acids is 1. The molecule has 0 fully saturated rings. The fraction of sp³-hybridized carbons (Fsp3) is 0.333. The highest BCUT2D eigenvalue weighted by Gasteiger charge is 2.37. The van der Waals surface area contributed by atoms with E-state index in [1.807, 2.05) is 0 Å². The highest BCUT2D eigenvalue weighted by molar-refractivity contribution is 5.91. The fourth-order valence-corrected chi connectivity index (χ4v) is 2.70. The number of benzene rings is 1. The predicted octanol–water partition coefficient (Wildman–Crippen LogP) is 5.76. The van der Waals surface area contributed by atoms with Crippen molar-refractivity contribution in [3.63, 3.8) is 0 Å². The number of carboxylic acid groups (broad SMARTS) is 1. The Hall–Kier alpha value is -3.24. The molecule has 1 aromatic heterocycles. The van der Waals surface area contributed by atoms with Crippen LogP contribution in [0, 0.1) is 0 Å². The van der Waals surface area contributed by atoms with E-state index in [1.165, 1.54) is 18.2 Å². The lowest BCUT2D eigenvalue weighted by Gasteiger charge is -2.13. The van der Waals surface area contributed by atoms with Gasteiger partial charge in [-0.1, -0.05) is 6.42 Å².